The van der Waals surface area contributed by atoms with Crippen molar-refractivity contribution in [3.05, 3.63) is 142 Å². The normalized spacial score (nSPS) is 15.6. The Kier molecular flexibility index (Phi) is 4.64. The molecule has 2 aliphatic rings. The quantitative estimate of drug-likeness (QED) is 0.196. The summed E-state index contributed by atoms with van der Waals surface area (Å²) in [7, 11) is 0. The van der Waals surface area contributed by atoms with Gasteiger partial charge in [-0.1, -0.05) is 103 Å². The van der Waals surface area contributed by atoms with Crippen LogP contribution in [0.25, 0.3) is 33.2 Å². The number of thiol groups is 2. The van der Waals surface area contributed by atoms with E-state index in [4.69, 9.17) is 25.3 Å². The SMILES string of the molecule is Sc1ccccc1C1(c2ccccc2S)C=CC=C2C=c3c(c4ccccc4c4ccccc34)=C21. The van der Waals surface area contributed by atoms with Crippen LogP contribution in [0.1, 0.15) is 11.1 Å². The zero-order chi connectivity index (χ0) is 23.6. The van der Waals surface area contributed by atoms with E-state index in [9.17, 15) is 0 Å². The maximum Gasteiger partial charge on any atom is 0.0668 e. The van der Waals surface area contributed by atoms with Gasteiger partial charge in [-0.15, -0.1) is 25.3 Å². The first kappa shape index (κ1) is 20.9. The van der Waals surface area contributed by atoms with Gasteiger partial charge < -0.3 is 0 Å². The summed E-state index contributed by atoms with van der Waals surface area (Å²) in [6, 6.07) is 34.5. The topological polar surface area (TPSA) is 0 Å². The number of hydrogen-bond donors (Lipinski definition) is 2. The molecule has 0 radical (unpaired) electrons. The molecule has 0 aliphatic heterocycles. The van der Waals surface area contributed by atoms with Gasteiger partial charge in [-0.05, 0) is 72.5 Å². The highest BCUT2D eigenvalue weighted by Crippen LogP contribution is 2.51. The fourth-order valence-corrected chi connectivity index (χ4v) is 6.78. The third-order valence-corrected chi connectivity index (χ3v) is 8.27. The minimum atomic E-state index is -0.520. The second-order valence-corrected chi connectivity index (χ2v) is 10.2. The third kappa shape index (κ3) is 2.84. The number of rotatable bonds is 2. The zero-order valence-corrected chi connectivity index (χ0v) is 20.7. The van der Waals surface area contributed by atoms with E-state index in [1.165, 1.54) is 54.3 Å². The minimum absolute atomic E-state index is 0.520. The average molecular weight is 483 g/mol. The summed E-state index contributed by atoms with van der Waals surface area (Å²) in [4.78, 5) is 1.95. The van der Waals surface area contributed by atoms with Gasteiger partial charge in [-0.2, -0.15) is 0 Å². The van der Waals surface area contributed by atoms with Crippen molar-refractivity contribution in [1.29, 1.82) is 0 Å². The van der Waals surface area contributed by atoms with Crippen molar-refractivity contribution in [2.75, 3.05) is 0 Å². The van der Waals surface area contributed by atoms with E-state index in [-0.39, 0.29) is 0 Å². The first-order valence-electron chi connectivity index (χ1n) is 11.8. The average Bonchev–Trinajstić information content (AvgIpc) is 3.30. The van der Waals surface area contributed by atoms with Crippen molar-refractivity contribution in [3.8, 4) is 0 Å². The molecule has 0 bridgehead atoms. The fourth-order valence-electron chi connectivity index (χ4n) is 6.10. The highest BCUT2D eigenvalue weighted by atomic mass is 32.1. The molecule has 166 valence electrons. The van der Waals surface area contributed by atoms with E-state index in [1.807, 2.05) is 0 Å². The molecule has 0 saturated heterocycles. The molecule has 0 saturated carbocycles. The summed E-state index contributed by atoms with van der Waals surface area (Å²) in [5.74, 6) is 0. The summed E-state index contributed by atoms with van der Waals surface area (Å²) in [5, 5.41) is 7.75. The molecule has 7 rings (SSSR count). The Labute approximate surface area is 215 Å². The van der Waals surface area contributed by atoms with Crippen LogP contribution in [0.3, 0.4) is 0 Å². The number of allylic oxidation sites excluding steroid dienone is 4. The van der Waals surface area contributed by atoms with E-state index < -0.39 is 5.41 Å². The molecule has 0 heterocycles. The number of fused-ring (bicyclic) bond motifs is 7. The third-order valence-electron chi connectivity index (χ3n) is 7.49. The number of benzene rings is 5. The van der Waals surface area contributed by atoms with Crippen LogP contribution in [0, 0.1) is 0 Å². The molecular weight excluding hydrogens is 460 g/mol. The Bertz CT molecular complexity index is 1830. The van der Waals surface area contributed by atoms with Crippen LogP contribution in [0.4, 0.5) is 0 Å². The lowest BCUT2D eigenvalue weighted by molar-refractivity contribution is 0.789. The van der Waals surface area contributed by atoms with E-state index in [2.05, 4.69) is 121 Å². The summed E-state index contributed by atoms with van der Waals surface area (Å²) in [6.45, 7) is 0. The Hall–Kier alpha value is -3.46. The predicted octanol–water partition coefficient (Wildman–Crippen LogP) is 7.00. The smallest absolute Gasteiger partial charge is 0.0668 e. The summed E-state index contributed by atoms with van der Waals surface area (Å²) >= 11 is 9.95. The van der Waals surface area contributed by atoms with Gasteiger partial charge in [0.2, 0.25) is 0 Å². The molecule has 0 N–H and O–H groups in total. The van der Waals surface area contributed by atoms with Crippen molar-refractivity contribution >= 4 is 58.5 Å². The Morgan fingerprint density at radius 3 is 1.69 bits per heavy atom. The van der Waals surface area contributed by atoms with Crippen LogP contribution in [0.2, 0.25) is 0 Å². The van der Waals surface area contributed by atoms with Gasteiger partial charge in [0.25, 0.3) is 0 Å². The molecule has 0 nitrogen and oxygen atoms in total. The van der Waals surface area contributed by atoms with E-state index in [1.54, 1.807) is 0 Å². The van der Waals surface area contributed by atoms with Crippen molar-refractivity contribution in [3.63, 3.8) is 0 Å². The van der Waals surface area contributed by atoms with E-state index in [0.717, 1.165) is 9.79 Å². The predicted molar refractivity (Wildman–Crippen MR) is 154 cm³/mol. The van der Waals surface area contributed by atoms with Crippen LogP contribution in [-0.4, -0.2) is 0 Å². The minimum Gasteiger partial charge on any atom is -0.143 e. The zero-order valence-electron chi connectivity index (χ0n) is 18.9. The molecule has 5 aromatic rings. The lowest BCUT2D eigenvalue weighted by atomic mass is 9.65. The van der Waals surface area contributed by atoms with Crippen molar-refractivity contribution in [2.45, 2.75) is 15.2 Å². The molecule has 35 heavy (non-hydrogen) atoms. The molecule has 2 heteroatoms. The van der Waals surface area contributed by atoms with Crippen LogP contribution in [0.5, 0.6) is 0 Å². The molecule has 5 aromatic carbocycles. The molecule has 0 aromatic heterocycles. The molecule has 0 atom stereocenters. The van der Waals surface area contributed by atoms with Gasteiger partial charge in [-0.3, -0.25) is 0 Å². The summed E-state index contributed by atoms with van der Waals surface area (Å²) < 4.78 is 0. The molecular formula is C33H22S2. The van der Waals surface area contributed by atoms with Crippen molar-refractivity contribution in [1.82, 2.24) is 0 Å². The monoisotopic (exact) mass is 482 g/mol. The Balaban J connectivity index is 1.79. The Morgan fingerprint density at radius 2 is 1.06 bits per heavy atom. The second kappa shape index (κ2) is 7.78. The van der Waals surface area contributed by atoms with Crippen molar-refractivity contribution in [2.24, 2.45) is 0 Å². The Morgan fingerprint density at radius 1 is 0.543 bits per heavy atom. The maximum atomic E-state index is 4.98. The van der Waals surface area contributed by atoms with Crippen LogP contribution < -0.4 is 10.4 Å². The maximum absolute atomic E-state index is 4.98. The lowest BCUT2D eigenvalue weighted by Gasteiger charge is -2.38. The van der Waals surface area contributed by atoms with Gasteiger partial charge in [0.1, 0.15) is 0 Å². The lowest BCUT2D eigenvalue weighted by Crippen LogP contribution is -2.36. The first-order valence-corrected chi connectivity index (χ1v) is 12.7. The van der Waals surface area contributed by atoms with Crippen LogP contribution >= 0.6 is 25.3 Å². The standard InChI is InChI=1S/C33H22S2/c34-29-17-7-5-15-27(29)33(28-16-6-8-18-30(28)35)19-9-10-21-20-26-24-13-2-1-11-22(24)23-12-3-4-14-25(23)31(26)32(21)33/h1-20,34-35H. The van der Waals surface area contributed by atoms with Gasteiger partial charge in [0.05, 0.1) is 5.41 Å². The van der Waals surface area contributed by atoms with Crippen LogP contribution in [-0.2, 0) is 5.41 Å². The van der Waals surface area contributed by atoms with E-state index >= 15 is 0 Å². The van der Waals surface area contributed by atoms with Gasteiger partial charge in [-0.25, -0.2) is 0 Å². The molecule has 2 aliphatic carbocycles. The number of hydrogen-bond acceptors (Lipinski definition) is 2. The summed E-state index contributed by atoms with van der Waals surface area (Å²) in [5.41, 5.74) is 4.37. The van der Waals surface area contributed by atoms with Crippen molar-refractivity contribution < 1.29 is 0 Å². The van der Waals surface area contributed by atoms with Gasteiger partial charge >= 0.3 is 0 Å². The second-order valence-electron chi connectivity index (χ2n) is 9.22. The molecule has 0 spiro atoms. The molecule has 0 amide bonds. The highest BCUT2D eigenvalue weighted by molar-refractivity contribution is 7.80. The van der Waals surface area contributed by atoms with Gasteiger partial charge in [0.15, 0.2) is 0 Å². The molecule has 0 unspecified atom stereocenters. The first-order chi connectivity index (χ1) is 17.2. The molecule has 0 fully saturated rings. The van der Waals surface area contributed by atoms with E-state index in [0.29, 0.717) is 0 Å². The van der Waals surface area contributed by atoms with Crippen LogP contribution in [0.15, 0.2) is 131 Å². The largest absolute Gasteiger partial charge is 0.143 e. The highest BCUT2D eigenvalue weighted by Gasteiger charge is 2.42. The van der Waals surface area contributed by atoms with Gasteiger partial charge in [0, 0.05) is 9.79 Å². The summed E-state index contributed by atoms with van der Waals surface area (Å²) in [6.07, 6.45) is 9.16. The fraction of sp³-hybridized carbons (Fsp3) is 0.0303.